The van der Waals surface area contributed by atoms with Crippen molar-refractivity contribution in [1.29, 1.82) is 0 Å². The number of amides is 1. The number of alkyl halides is 3. The number of halogens is 3. The molecule has 0 aromatic carbocycles. The van der Waals surface area contributed by atoms with Gasteiger partial charge in [-0.3, -0.25) is 4.79 Å². The van der Waals surface area contributed by atoms with Crippen LogP contribution in [0.4, 0.5) is 13.2 Å². The fourth-order valence-electron chi connectivity index (χ4n) is 1.17. The smallest absolute Gasteiger partial charge is 0.422 e. The Morgan fingerprint density at radius 2 is 2.26 bits per heavy atom. The lowest BCUT2D eigenvalue weighted by molar-refractivity contribution is -0.154. The lowest BCUT2D eigenvalue weighted by Crippen LogP contribution is -2.32. The highest BCUT2D eigenvalue weighted by Crippen LogP contribution is 2.19. The Bertz CT molecular complexity index is 435. The number of carbonyl (C=O) groups excluding carboxylic acids is 1. The Morgan fingerprint density at radius 1 is 1.58 bits per heavy atom. The van der Waals surface area contributed by atoms with Crippen LogP contribution in [0, 0.1) is 0 Å². The molecule has 0 fully saturated rings. The Hall–Kier alpha value is -1.83. The van der Waals surface area contributed by atoms with Crippen LogP contribution in [0.15, 0.2) is 18.3 Å². The van der Waals surface area contributed by atoms with E-state index in [1.807, 2.05) is 0 Å². The number of hydrogen-bond donors (Lipinski definition) is 2. The molecule has 0 saturated heterocycles. The molecular weight excluding hydrogens is 265 g/mol. The van der Waals surface area contributed by atoms with E-state index >= 15 is 0 Å². The summed E-state index contributed by atoms with van der Waals surface area (Å²) >= 11 is 0. The van der Waals surface area contributed by atoms with Crippen molar-refractivity contribution in [1.82, 2.24) is 10.3 Å². The van der Waals surface area contributed by atoms with Gasteiger partial charge >= 0.3 is 6.18 Å². The zero-order chi connectivity index (χ0) is 14.5. The van der Waals surface area contributed by atoms with Gasteiger partial charge in [0, 0.05) is 18.3 Å². The summed E-state index contributed by atoms with van der Waals surface area (Å²) in [5.74, 6) is -0.837. The molecule has 0 aliphatic carbocycles. The third-order valence-corrected chi connectivity index (χ3v) is 2.06. The van der Waals surface area contributed by atoms with Crippen molar-refractivity contribution in [2.24, 2.45) is 0 Å². The zero-order valence-corrected chi connectivity index (χ0v) is 10.1. The number of carbonyl (C=O) groups is 1. The summed E-state index contributed by atoms with van der Waals surface area (Å²) in [7, 11) is 0. The molecule has 0 aliphatic heterocycles. The number of pyridine rings is 1. The zero-order valence-electron chi connectivity index (χ0n) is 10.1. The van der Waals surface area contributed by atoms with Gasteiger partial charge in [-0.05, 0) is 13.0 Å². The Kier molecular flexibility index (Phi) is 5.11. The topological polar surface area (TPSA) is 71.5 Å². The molecule has 1 aromatic rings. The maximum absolute atomic E-state index is 12.0. The summed E-state index contributed by atoms with van der Waals surface area (Å²) in [6.45, 7) is -0.258. The second kappa shape index (κ2) is 6.37. The van der Waals surface area contributed by atoms with E-state index in [0.29, 0.717) is 5.56 Å². The second-order valence-corrected chi connectivity index (χ2v) is 3.77. The molecule has 1 rings (SSSR count). The molecule has 0 bridgehead atoms. The van der Waals surface area contributed by atoms with Gasteiger partial charge in [-0.15, -0.1) is 0 Å². The van der Waals surface area contributed by atoms with Crippen LogP contribution in [0.25, 0.3) is 0 Å². The highest BCUT2D eigenvalue weighted by molar-refractivity contribution is 5.79. The van der Waals surface area contributed by atoms with Crippen molar-refractivity contribution >= 4 is 5.91 Å². The molecule has 0 spiro atoms. The van der Waals surface area contributed by atoms with E-state index < -0.39 is 24.8 Å². The number of aliphatic hydroxyl groups excluding tert-OH is 1. The van der Waals surface area contributed by atoms with Crippen LogP contribution in [-0.2, 0) is 11.3 Å². The average molecular weight is 278 g/mol. The van der Waals surface area contributed by atoms with E-state index in [0.717, 1.165) is 0 Å². The highest BCUT2D eigenvalue weighted by Gasteiger charge is 2.29. The SMILES string of the molecule is CC(O)C(=O)NCc1cccnc1OCC(F)(F)F. The Balaban J connectivity index is 2.65. The maximum atomic E-state index is 12.0. The van der Waals surface area contributed by atoms with Crippen LogP contribution in [-0.4, -0.2) is 34.9 Å². The summed E-state index contributed by atoms with van der Waals surface area (Å²) < 4.78 is 40.7. The predicted molar refractivity (Wildman–Crippen MR) is 59.3 cm³/mol. The fourth-order valence-corrected chi connectivity index (χ4v) is 1.17. The number of ether oxygens (including phenoxy) is 1. The van der Waals surface area contributed by atoms with Crippen molar-refractivity contribution in [3.05, 3.63) is 23.9 Å². The third-order valence-electron chi connectivity index (χ3n) is 2.06. The minimum atomic E-state index is -4.46. The van der Waals surface area contributed by atoms with Gasteiger partial charge in [0.1, 0.15) is 6.10 Å². The average Bonchev–Trinajstić information content (AvgIpc) is 2.33. The molecule has 0 saturated carbocycles. The van der Waals surface area contributed by atoms with Crippen molar-refractivity contribution in [2.45, 2.75) is 25.7 Å². The first-order valence-electron chi connectivity index (χ1n) is 5.39. The number of aliphatic hydroxyl groups is 1. The second-order valence-electron chi connectivity index (χ2n) is 3.77. The first-order chi connectivity index (χ1) is 8.79. The standard InChI is InChI=1S/C11H13F3N2O3/c1-7(17)9(18)16-5-8-3-2-4-15-10(8)19-6-11(12,13)14/h2-4,7,17H,5-6H2,1H3,(H,16,18). The quantitative estimate of drug-likeness (QED) is 0.843. The molecule has 1 atom stereocenters. The van der Waals surface area contributed by atoms with Crippen molar-refractivity contribution in [2.75, 3.05) is 6.61 Å². The van der Waals surface area contributed by atoms with Crippen LogP contribution in [0.5, 0.6) is 5.88 Å². The van der Waals surface area contributed by atoms with Crippen molar-refractivity contribution < 1.29 is 27.8 Å². The molecule has 1 unspecified atom stereocenters. The summed E-state index contributed by atoms with van der Waals surface area (Å²) in [6, 6.07) is 2.98. The number of rotatable bonds is 5. The lowest BCUT2D eigenvalue weighted by Gasteiger charge is -2.12. The molecule has 1 amide bonds. The van der Waals surface area contributed by atoms with E-state index in [1.54, 1.807) is 0 Å². The van der Waals surface area contributed by atoms with Crippen LogP contribution in [0.3, 0.4) is 0 Å². The normalized spacial score (nSPS) is 12.9. The van der Waals surface area contributed by atoms with Crippen LogP contribution in [0.2, 0.25) is 0 Å². The van der Waals surface area contributed by atoms with Crippen molar-refractivity contribution in [3.8, 4) is 5.88 Å². The number of aromatic nitrogens is 1. The van der Waals surface area contributed by atoms with Gasteiger partial charge < -0.3 is 15.2 Å². The predicted octanol–water partition coefficient (Wildman–Crippen LogP) is 1.02. The minimum absolute atomic E-state index is 0.0786. The summed E-state index contributed by atoms with van der Waals surface area (Å²) in [4.78, 5) is 14.8. The third kappa shape index (κ3) is 5.56. The van der Waals surface area contributed by atoms with Gasteiger partial charge in [0.2, 0.25) is 11.8 Å². The number of nitrogens with zero attached hydrogens (tertiary/aromatic N) is 1. The fraction of sp³-hybridized carbons (Fsp3) is 0.455. The molecule has 1 aromatic heterocycles. The highest BCUT2D eigenvalue weighted by atomic mass is 19.4. The molecule has 8 heteroatoms. The monoisotopic (exact) mass is 278 g/mol. The van der Waals surface area contributed by atoms with E-state index in [-0.39, 0.29) is 12.4 Å². The molecule has 0 aliphatic rings. The van der Waals surface area contributed by atoms with Gasteiger partial charge in [-0.2, -0.15) is 13.2 Å². The summed E-state index contributed by atoms with van der Waals surface area (Å²) in [5.41, 5.74) is 0.292. The molecule has 2 N–H and O–H groups in total. The molecule has 5 nitrogen and oxygen atoms in total. The van der Waals surface area contributed by atoms with Gasteiger partial charge in [-0.1, -0.05) is 6.07 Å². The Morgan fingerprint density at radius 3 is 2.84 bits per heavy atom. The number of hydrogen-bond acceptors (Lipinski definition) is 4. The minimum Gasteiger partial charge on any atom is -0.468 e. The summed E-state index contributed by atoms with van der Waals surface area (Å²) in [6.07, 6.45) is -4.38. The van der Waals surface area contributed by atoms with Crippen LogP contribution < -0.4 is 10.1 Å². The summed E-state index contributed by atoms with van der Waals surface area (Å²) in [5, 5.41) is 11.3. The molecule has 0 radical (unpaired) electrons. The molecule has 1 heterocycles. The van der Waals surface area contributed by atoms with E-state index in [4.69, 9.17) is 5.11 Å². The van der Waals surface area contributed by atoms with Gasteiger partial charge in [0.05, 0.1) is 0 Å². The van der Waals surface area contributed by atoms with E-state index in [1.165, 1.54) is 25.3 Å². The Labute approximate surface area is 107 Å². The molecule has 19 heavy (non-hydrogen) atoms. The van der Waals surface area contributed by atoms with E-state index in [9.17, 15) is 18.0 Å². The van der Waals surface area contributed by atoms with Crippen LogP contribution >= 0.6 is 0 Å². The van der Waals surface area contributed by atoms with E-state index in [2.05, 4.69) is 15.0 Å². The molecule has 106 valence electrons. The van der Waals surface area contributed by atoms with Gasteiger partial charge in [0.15, 0.2) is 6.61 Å². The van der Waals surface area contributed by atoms with Crippen LogP contribution in [0.1, 0.15) is 12.5 Å². The largest absolute Gasteiger partial charge is 0.468 e. The number of nitrogens with one attached hydrogen (secondary N) is 1. The van der Waals surface area contributed by atoms with Crippen molar-refractivity contribution in [3.63, 3.8) is 0 Å². The first-order valence-corrected chi connectivity index (χ1v) is 5.39. The van der Waals surface area contributed by atoms with Gasteiger partial charge in [0.25, 0.3) is 0 Å². The van der Waals surface area contributed by atoms with Gasteiger partial charge in [-0.25, -0.2) is 4.98 Å². The first kappa shape index (κ1) is 15.2. The lowest BCUT2D eigenvalue weighted by atomic mass is 10.2. The maximum Gasteiger partial charge on any atom is 0.422 e. The molecular formula is C11H13F3N2O3.